The van der Waals surface area contributed by atoms with Crippen LogP contribution in [0.3, 0.4) is 0 Å². The van der Waals surface area contributed by atoms with E-state index in [0.29, 0.717) is 23.2 Å². The number of nitrogens with zero attached hydrogens (tertiary/aromatic N) is 2. The highest BCUT2D eigenvalue weighted by atomic mass is 19.3. The second-order valence-electron chi connectivity index (χ2n) is 6.86. The summed E-state index contributed by atoms with van der Waals surface area (Å²) < 4.78 is 25.7. The summed E-state index contributed by atoms with van der Waals surface area (Å²) >= 11 is 0. The molecule has 2 atom stereocenters. The van der Waals surface area contributed by atoms with Crippen molar-refractivity contribution in [1.29, 1.82) is 0 Å². The lowest BCUT2D eigenvalue weighted by atomic mass is 9.95. The van der Waals surface area contributed by atoms with Crippen LogP contribution in [-0.4, -0.2) is 28.0 Å². The number of pyridine rings is 1. The molecule has 0 saturated carbocycles. The molecule has 4 rings (SSSR count). The van der Waals surface area contributed by atoms with Gasteiger partial charge in [0.2, 0.25) is 0 Å². The van der Waals surface area contributed by atoms with Gasteiger partial charge in [-0.05, 0) is 35.1 Å². The molecule has 0 saturated heterocycles. The minimum absolute atomic E-state index is 0.0118. The first-order valence-corrected chi connectivity index (χ1v) is 8.61. The highest BCUT2D eigenvalue weighted by Gasteiger charge is 2.32. The van der Waals surface area contributed by atoms with Gasteiger partial charge in [-0.2, -0.15) is 0 Å². The van der Waals surface area contributed by atoms with Gasteiger partial charge in [-0.25, -0.2) is 8.78 Å². The van der Waals surface area contributed by atoms with E-state index in [1.807, 2.05) is 24.3 Å². The molecule has 1 aromatic carbocycles. The monoisotopic (exact) mass is 356 g/mol. The number of hydrogen-bond acceptors (Lipinski definition) is 4. The van der Waals surface area contributed by atoms with Crippen molar-refractivity contribution in [1.82, 2.24) is 4.98 Å². The molecule has 26 heavy (non-hydrogen) atoms. The van der Waals surface area contributed by atoms with Gasteiger partial charge in [-0.1, -0.05) is 24.3 Å². The average molecular weight is 356 g/mol. The number of carbonyl (C=O) groups excluding carboxylic acids is 1. The van der Waals surface area contributed by atoms with Gasteiger partial charge >= 0.3 is 0 Å². The molecule has 1 aliphatic heterocycles. The largest absolute Gasteiger partial charge is 0.388 e. The zero-order chi connectivity index (χ0) is 18.3. The molecule has 0 radical (unpaired) electrons. The number of rotatable bonds is 5. The smallest absolute Gasteiger partial charge is 0.280 e. The first-order valence-electron chi connectivity index (χ1n) is 8.61. The summed E-state index contributed by atoms with van der Waals surface area (Å²) in [6.45, 7) is 0.204. The van der Waals surface area contributed by atoms with Gasteiger partial charge < -0.3 is 5.11 Å². The van der Waals surface area contributed by atoms with E-state index in [1.165, 1.54) is 6.20 Å². The number of carbonyl (C=O) groups is 1. The minimum Gasteiger partial charge on any atom is -0.388 e. The Labute approximate surface area is 149 Å². The third kappa shape index (κ3) is 3.05. The molecular formula is C20H18F2N2O2. The van der Waals surface area contributed by atoms with Crippen LogP contribution in [0.15, 0.2) is 41.5 Å². The van der Waals surface area contributed by atoms with Crippen LogP contribution >= 0.6 is 0 Å². The summed E-state index contributed by atoms with van der Waals surface area (Å²) in [5, 5.41) is 10.4. The van der Waals surface area contributed by atoms with Crippen molar-refractivity contribution in [3.63, 3.8) is 0 Å². The van der Waals surface area contributed by atoms with E-state index >= 15 is 0 Å². The highest BCUT2D eigenvalue weighted by Crippen LogP contribution is 2.38. The summed E-state index contributed by atoms with van der Waals surface area (Å²) in [6.07, 6.45) is -0.756. The number of halogens is 2. The third-order valence-corrected chi connectivity index (χ3v) is 5.12. The minimum atomic E-state index is -2.61. The summed E-state index contributed by atoms with van der Waals surface area (Å²) in [5.74, 6) is -0.134. The summed E-state index contributed by atoms with van der Waals surface area (Å²) in [6, 6.07) is 9.38. The Bertz CT molecular complexity index is 895. The SMILES string of the molecule is O=C(Cc1cc2c(cn1)C(C(F)F)=NC2)CC1Cc2ccccc2C1O. The number of aliphatic hydroxyl groups excluding tert-OH is 1. The fraction of sp³-hybridized carbons (Fsp3) is 0.350. The summed E-state index contributed by atoms with van der Waals surface area (Å²) in [4.78, 5) is 20.4. The maximum atomic E-state index is 12.9. The van der Waals surface area contributed by atoms with Crippen molar-refractivity contribution >= 4 is 11.5 Å². The predicted molar refractivity (Wildman–Crippen MR) is 92.4 cm³/mol. The first kappa shape index (κ1) is 17.0. The fourth-order valence-corrected chi connectivity index (χ4v) is 3.85. The number of fused-ring (bicyclic) bond motifs is 2. The van der Waals surface area contributed by atoms with Crippen LogP contribution in [0, 0.1) is 5.92 Å². The Kier molecular flexibility index (Phi) is 4.36. The van der Waals surface area contributed by atoms with Crippen LogP contribution in [0.2, 0.25) is 0 Å². The number of benzene rings is 1. The van der Waals surface area contributed by atoms with Gasteiger partial charge in [-0.3, -0.25) is 14.8 Å². The number of aliphatic imine (C=N–C) groups is 1. The molecular weight excluding hydrogens is 338 g/mol. The topological polar surface area (TPSA) is 62.5 Å². The first-order chi connectivity index (χ1) is 12.5. The van der Waals surface area contributed by atoms with Crippen molar-refractivity contribution in [3.05, 3.63) is 64.5 Å². The number of aliphatic hydroxyl groups is 1. The molecule has 1 aromatic heterocycles. The number of aromatic nitrogens is 1. The molecule has 0 amide bonds. The van der Waals surface area contributed by atoms with Gasteiger partial charge in [-0.15, -0.1) is 0 Å². The van der Waals surface area contributed by atoms with Crippen LogP contribution in [0.4, 0.5) is 8.78 Å². The Morgan fingerprint density at radius 2 is 2.08 bits per heavy atom. The van der Waals surface area contributed by atoms with Crippen molar-refractivity contribution in [2.24, 2.45) is 10.9 Å². The summed E-state index contributed by atoms with van der Waals surface area (Å²) in [7, 11) is 0. The molecule has 2 aromatic rings. The van der Waals surface area contributed by atoms with E-state index in [-0.39, 0.29) is 36.8 Å². The van der Waals surface area contributed by atoms with Crippen molar-refractivity contribution in [2.75, 3.05) is 0 Å². The summed E-state index contributed by atoms with van der Waals surface area (Å²) in [5.41, 5.74) is 3.38. The molecule has 6 heteroatoms. The van der Waals surface area contributed by atoms with Crippen LogP contribution in [0.1, 0.15) is 40.5 Å². The maximum absolute atomic E-state index is 12.9. The normalized spacial score (nSPS) is 20.8. The Morgan fingerprint density at radius 3 is 2.85 bits per heavy atom. The predicted octanol–water partition coefficient (Wildman–Crippen LogP) is 3.06. The number of alkyl halides is 2. The van der Waals surface area contributed by atoms with Crippen LogP contribution in [0.5, 0.6) is 0 Å². The highest BCUT2D eigenvalue weighted by molar-refractivity contribution is 6.05. The average Bonchev–Trinajstić information content (AvgIpc) is 3.17. The third-order valence-electron chi connectivity index (χ3n) is 5.12. The fourth-order valence-electron chi connectivity index (χ4n) is 3.85. The molecule has 0 fully saturated rings. The van der Waals surface area contributed by atoms with Gasteiger partial charge in [0.05, 0.1) is 12.6 Å². The molecule has 2 heterocycles. The van der Waals surface area contributed by atoms with E-state index in [0.717, 1.165) is 11.1 Å². The lowest BCUT2D eigenvalue weighted by molar-refractivity contribution is -0.120. The van der Waals surface area contributed by atoms with Crippen LogP contribution < -0.4 is 0 Å². The molecule has 2 aliphatic rings. The Hall–Kier alpha value is -2.47. The molecule has 0 bridgehead atoms. The second-order valence-corrected chi connectivity index (χ2v) is 6.86. The van der Waals surface area contributed by atoms with Gasteiger partial charge in [0, 0.05) is 30.3 Å². The quantitative estimate of drug-likeness (QED) is 0.896. The van der Waals surface area contributed by atoms with E-state index < -0.39 is 12.5 Å². The number of Topliss-reactive ketones (excluding diaryl/α,β-unsaturated/α-hetero) is 1. The van der Waals surface area contributed by atoms with E-state index in [9.17, 15) is 18.7 Å². The Balaban J connectivity index is 1.41. The Morgan fingerprint density at radius 1 is 1.27 bits per heavy atom. The lowest BCUT2D eigenvalue weighted by Gasteiger charge is -2.14. The molecule has 1 N–H and O–H groups in total. The number of ketones is 1. The maximum Gasteiger partial charge on any atom is 0.280 e. The van der Waals surface area contributed by atoms with Crippen LogP contribution in [0.25, 0.3) is 0 Å². The molecule has 2 unspecified atom stereocenters. The molecule has 0 spiro atoms. The van der Waals surface area contributed by atoms with Crippen LogP contribution in [-0.2, 0) is 24.2 Å². The van der Waals surface area contributed by atoms with Crippen molar-refractivity contribution in [3.8, 4) is 0 Å². The van der Waals surface area contributed by atoms with Gasteiger partial charge in [0.25, 0.3) is 6.43 Å². The molecule has 4 nitrogen and oxygen atoms in total. The number of hydrogen-bond donors (Lipinski definition) is 1. The van der Waals surface area contributed by atoms with Gasteiger partial charge in [0.1, 0.15) is 11.5 Å². The van der Waals surface area contributed by atoms with Crippen molar-refractivity contribution < 1.29 is 18.7 Å². The molecule has 1 aliphatic carbocycles. The van der Waals surface area contributed by atoms with Crippen molar-refractivity contribution in [2.45, 2.75) is 38.3 Å². The second kappa shape index (κ2) is 6.68. The van der Waals surface area contributed by atoms with E-state index in [1.54, 1.807) is 6.07 Å². The zero-order valence-corrected chi connectivity index (χ0v) is 14.0. The van der Waals surface area contributed by atoms with Gasteiger partial charge in [0.15, 0.2) is 0 Å². The van der Waals surface area contributed by atoms with E-state index in [4.69, 9.17) is 0 Å². The zero-order valence-electron chi connectivity index (χ0n) is 14.0. The lowest BCUT2D eigenvalue weighted by Crippen LogP contribution is -2.16. The molecule has 134 valence electrons. The van der Waals surface area contributed by atoms with E-state index in [2.05, 4.69) is 9.98 Å². The standard InChI is InChI=1S/C20H18F2N2O2/c21-20(22)18-17-10-23-14(6-13(17)9-24-18)8-15(25)7-12-5-11-3-1-2-4-16(11)19(12)26/h1-4,6,10,12,19-20,26H,5,7-9H2.